The molecule has 0 unspecified atom stereocenters. The maximum Gasteiger partial charge on any atom is 0.374 e. The first-order valence-corrected chi connectivity index (χ1v) is 15.1. The number of benzene rings is 2. The maximum absolute atomic E-state index is 15.4. The number of methoxy groups -OCH3 is 1. The smallest absolute Gasteiger partial charge is 0.374 e. The van der Waals surface area contributed by atoms with Gasteiger partial charge in [-0.05, 0) is 67.8 Å². The average molecular weight is 602 g/mol. The van der Waals surface area contributed by atoms with Gasteiger partial charge >= 0.3 is 5.97 Å². The molecule has 3 aromatic rings. The quantitative estimate of drug-likeness (QED) is 0.416. The Morgan fingerprint density at radius 1 is 1.05 bits per heavy atom. The van der Waals surface area contributed by atoms with E-state index < -0.39 is 70.6 Å². The fraction of sp³-hybridized carbons (Fsp3) is 0.320. The molecule has 3 atom stereocenters. The summed E-state index contributed by atoms with van der Waals surface area (Å²) in [5, 5.41) is -0.245. The Morgan fingerprint density at radius 2 is 1.74 bits per heavy atom. The van der Waals surface area contributed by atoms with Gasteiger partial charge in [-0.25, -0.2) is 35.1 Å². The summed E-state index contributed by atoms with van der Waals surface area (Å²) in [6.45, 7) is -0.300. The monoisotopic (exact) mass is 601 g/mol. The summed E-state index contributed by atoms with van der Waals surface area (Å²) in [5.41, 5.74) is -0.413. The van der Waals surface area contributed by atoms with Crippen LogP contribution < -0.4 is 9.46 Å². The zero-order valence-electron chi connectivity index (χ0n) is 20.3. The molecule has 1 aliphatic heterocycles. The van der Waals surface area contributed by atoms with Gasteiger partial charge in [-0.1, -0.05) is 11.6 Å². The van der Waals surface area contributed by atoms with Crippen LogP contribution in [0.15, 0.2) is 62.9 Å². The van der Waals surface area contributed by atoms with Crippen LogP contribution >= 0.6 is 11.6 Å². The number of halogens is 3. The lowest BCUT2D eigenvalue weighted by Gasteiger charge is -2.49. The van der Waals surface area contributed by atoms with Gasteiger partial charge in [0.15, 0.2) is 21.4 Å². The zero-order valence-corrected chi connectivity index (χ0v) is 22.7. The van der Waals surface area contributed by atoms with E-state index in [1.54, 1.807) is 0 Å². The summed E-state index contributed by atoms with van der Waals surface area (Å²) < 4.78 is 100. The van der Waals surface area contributed by atoms with Crippen molar-refractivity contribution in [2.24, 2.45) is 5.92 Å². The third-order valence-corrected chi connectivity index (χ3v) is 11.4. The van der Waals surface area contributed by atoms with E-state index in [0.717, 1.165) is 31.4 Å². The van der Waals surface area contributed by atoms with Crippen LogP contribution in [0.5, 0.6) is 5.75 Å². The Bertz CT molecular complexity index is 1660. The predicted molar refractivity (Wildman–Crippen MR) is 134 cm³/mol. The number of nitrogens with one attached hydrogen (secondary N) is 1. The van der Waals surface area contributed by atoms with Crippen molar-refractivity contribution in [1.29, 1.82) is 0 Å². The normalized spacial score (nSPS) is 22.9. The van der Waals surface area contributed by atoms with Gasteiger partial charge in [-0.3, -0.25) is 0 Å². The molecule has 208 valence electrons. The minimum Gasteiger partial charge on any atom is -0.490 e. The van der Waals surface area contributed by atoms with Crippen molar-refractivity contribution in [3.8, 4) is 5.75 Å². The van der Waals surface area contributed by atoms with E-state index in [1.807, 2.05) is 0 Å². The van der Waals surface area contributed by atoms with E-state index in [-0.39, 0.29) is 36.5 Å². The van der Waals surface area contributed by atoms with Crippen LogP contribution in [0.25, 0.3) is 0 Å². The van der Waals surface area contributed by atoms with Gasteiger partial charge in [0, 0.05) is 17.0 Å². The Hall–Kier alpha value is -3.00. The number of sulfone groups is 1. The Kier molecular flexibility index (Phi) is 6.98. The maximum atomic E-state index is 15.4. The third kappa shape index (κ3) is 4.50. The number of fused-ring (bicyclic) bond motifs is 3. The van der Waals surface area contributed by atoms with Gasteiger partial charge in [-0.15, -0.1) is 0 Å². The molecule has 2 heterocycles. The molecule has 14 heteroatoms. The molecule has 0 spiro atoms. The number of sulfonamides is 1. The Balaban J connectivity index is 1.54. The van der Waals surface area contributed by atoms with Gasteiger partial charge < -0.3 is 13.9 Å². The van der Waals surface area contributed by atoms with E-state index >= 15 is 4.39 Å². The molecule has 9 nitrogen and oxygen atoms in total. The summed E-state index contributed by atoms with van der Waals surface area (Å²) in [5.74, 6) is -4.46. The Morgan fingerprint density at radius 3 is 2.44 bits per heavy atom. The largest absolute Gasteiger partial charge is 0.490 e. The molecule has 0 saturated heterocycles. The fourth-order valence-corrected chi connectivity index (χ4v) is 9.11. The second kappa shape index (κ2) is 9.88. The minimum absolute atomic E-state index is 0.0392. The van der Waals surface area contributed by atoms with Gasteiger partial charge in [0.1, 0.15) is 10.6 Å². The lowest BCUT2D eigenvalue weighted by atomic mass is 9.71. The SMILES string of the molecule is COC(=O)c1ccc(S(=O)(=O)N[C@@H]2CC[C@@]3(S(=O)(=O)c4ccc(Cl)cc4)c4c(F)ccc(F)c4OC[C@H]3C2)o1. The summed E-state index contributed by atoms with van der Waals surface area (Å²) in [6, 6.07) is 8.50. The lowest BCUT2D eigenvalue weighted by Crippen LogP contribution is -2.55. The van der Waals surface area contributed by atoms with Crippen molar-refractivity contribution in [2.75, 3.05) is 13.7 Å². The summed E-state index contributed by atoms with van der Waals surface area (Å²) >= 11 is 5.95. The van der Waals surface area contributed by atoms with Crippen LogP contribution in [-0.2, 0) is 29.3 Å². The Labute approximate surface area is 228 Å². The number of hydrogen-bond acceptors (Lipinski definition) is 8. The summed E-state index contributed by atoms with van der Waals surface area (Å²) in [7, 11) is -7.53. The molecule has 0 amide bonds. The van der Waals surface area contributed by atoms with E-state index in [0.29, 0.717) is 5.02 Å². The van der Waals surface area contributed by atoms with E-state index in [2.05, 4.69) is 9.46 Å². The lowest BCUT2D eigenvalue weighted by molar-refractivity contribution is 0.0559. The number of carbonyl (C=O) groups excluding carboxylic acids is 1. The number of esters is 1. The fourth-order valence-electron chi connectivity index (χ4n) is 5.40. The second-order valence-corrected chi connectivity index (χ2v) is 13.6. The molecule has 1 aromatic heterocycles. The van der Waals surface area contributed by atoms with Crippen LogP contribution in [-0.4, -0.2) is 42.6 Å². The van der Waals surface area contributed by atoms with Gasteiger partial charge in [0.05, 0.1) is 24.2 Å². The molecule has 1 saturated carbocycles. The third-order valence-electron chi connectivity index (χ3n) is 7.16. The van der Waals surface area contributed by atoms with E-state index in [4.69, 9.17) is 20.8 Å². The molecule has 0 bridgehead atoms. The van der Waals surface area contributed by atoms with Crippen LogP contribution in [0.4, 0.5) is 8.78 Å². The van der Waals surface area contributed by atoms with Crippen molar-refractivity contribution in [2.45, 2.75) is 40.0 Å². The molecule has 1 aliphatic carbocycles. The van der Waals surface area contributed by atoms with Crippen LogP contribution in [0, 0.1) is 17.6 Å². The van der Waals surface area contributed by atoms with E-state index in [9.17, 15) is 26.0 Å². The highest BCUT2D eigenvalue weighted by atomic mass is 35.5. The first-order chi connectivity index (χ1) is 18.4. The molecule has 5 rings (SSSR count). The number of carbonyl (C=O) groups is 1. The van der Waals surface area contributed by atoms with Crippen molar-refractivity contribution in [3.63, 3.8) is 0 Å². The van der Waals surface area contributed by atoms with Crippen molar-refractivity contribution >= 4 is 37.4 Å². The molecule has 0 radical (unpaired) electrons. The summed E-state index contributed by atoms with van der Waals surface area (Å²) in [4.78, 5) is 11.5. The molecule has 2 aromatic carbocycles. The molecule has 2 aliphatic rings. The highest BCUT2D eigenvalue weighted by molar-refractivity contribution is 7.92. The molecule has 39 heavy (non-hydrogen) atoms. The highest BCUT2D eigenvalue weighted by Gasteiger charge is 2.60. The van der Waals surface area contributed by atoms with E-state index in [1.165, 1.54) is 24.3 Å². The van der Waals surface area contributed by atoms with Gasteiger partial charge in [0.2, 0.25) is 10.9 Å². The molecule has 1 N–H and O–H groups in total. The topological polar surface area (TPSA) is 129 Å². The van der Waals surface area contributed by atoms with Crippen molar-refractivity contribution < 1.29 is 44.3 Å². The second-order valence-electron chi connectivity index (χ2n) is 9.29. The van der Waals surface area contributed by atoms with Crippen LogP contribution in [0.2, 0.25) is 5.02 Å². The number of furan rings is 1. The first-order valence-electron chi connectivity index (χ1n) is 11.7. The highest BCUT2D eigenvalue weighted by Crippen LogP contribution is 2.56. The van der Waals surface area contributed by atoms with Crippen LogP contribution in [0.3, 0.4) is 0 Å². The van der Waals surface area contributed by atoms with Crippen LogP contribution in [0.1, 0.15) is 35.4 Å². The van der Waals surface area contributed by atoms with Crippen molar-refractivity contribution in [1.82, 2.24) is 4.72 Å². The molecular weight excluding hydrogens is 580 g/mol. The number of ether oxygens (including phenoxy) is 2. The van der Waals surface area contributed by atoms with Gasteiger partial charge in [-0.2, -0.15) is 0 Å². The standard InChI is InChI=1S/C25H22ClF2NO8S2/c1-35-24(30)20-8-9-21(37-20)39(33,34)29-16-10-11-25(38(31,32)17-4-2-15(26)3-5-17)14(12-16)13-36-23-19(28)7-6-18(27)22(23)25/h2-9,14,16,29H,10-13H2,1H3/t14-,16-,25+/m1/s1. The average Bonchev–Trinajstić information content (AvgIpc) is 3.41. The number of hydrogen-bond donors (Lipinski definition) is 1. The van der Waals surface area contributed by atoms with Gasteiger partial charge in [0.25, 0.3) is 10.0 Å². The zero-order chi connectivity index (χ0) is 28.2. The first kappa shape index (κ1) is 27.6. The van der Waals surface area contributed by atoms with Crippen molar-refractivity contribution in [3.05, 3.63) is 76.5 Å². The molecule has 1 fully saturated rings. The summed E-state index contributed by atoms with van der Waals surface area (Å²) in [6.07, 6.45) is -0.355. The predicted octanol–water partition coefficient (Wildman–Crippen LogP) is 4.21. The molecular formula is C25H22ClF2NO8S2. The minimum atomic E-state index is -4.37. The number of rotatable bonds is 6.